The molecule has 0 unspecified atom stereocenters. The van der Waals surface area contributed by atoms with E-state index < -0.39 is 5.41 Å². The van der Waals surface area contributed by atoms with E-state index in [1.807, 2.05) is 31.2 Å². The SMILES string of the molecule is C=C/C=C\C=C(/C)c1nc(-c2ccc(-c3cccc(-c4ccc(-c5nc(-c6ccc(-c7ccccc7)cc6)nc(-c6cccc7c6C(c6ccccc6)(c6ccccc6)c6ccccc6-7)n5)cc4)c3)cc2)nc(-c2cccc3c2-c2ccccc2C3(C)C)n1. The molecular weight excluding hydrogens is 1080 g/mol. The van der Waals surface area contributed by atoms with Crippen molar-refractivity contribution in [1.82, 2.24) is 29.9 Å². The Labute approximate surface area is 519 Å². The molecule has 0 N–H and O–H groups in total. The average Bonchev–Trinajstić information content (AvgIpc) is 1.57. The van der Waals surface area contributed by atoms with Gasteiger partial charge in [0.05, 0.1) is 5.41 Å². The highest BCUT2D eigenvalue weighted by Gasteiger charge is 2.48. The quantitative estimate of drug-likeness (QED) is 0.107. The predicted octanol–water partition coefficient (Wildman–Crippen LogP) is 20.2. The molecule has 89 heavy (non-hydrogen) atoms. The standard InChI is InChI=1S/C83H60N6/c1-5-6-10-24-54(2)76-84-77(87-80(85-76)69-36-23-40-73-74(69)68-34-18-19-38-71(68)82(73,3)4)59-49-43-57(44-50-59)62-27-21-28-63(53-62)58-45-51-61(52-46-58)79-86-78(60-47-41-56(42-48-60)55-25-11-7-12-26-55)88-81(89-79)70-37-22-35-67-66-33-17-20-39-72(66)83(75(67)70,64-29-13-8-14-30-64)65-31-15-9-16-32-65/h5-53H,1H2,2-4H3/b10-6-,54-24+. The molecule has 0 fully saturated rings. The van der Waals surface area contributed by atoms with Crippen LogP contribution in [0.4, 0.5) is 0 Å². The molecule has 0 aliphatic heterocycles. The van der Waals surface area contributed by atoms with Crippen molar-refractivity contribution in [3.8, 4) is 113 Å². The van der Waals surface area contributed by atoms with Crippen LogP contribution in [0, 0.1) is 0 Å². The lowest BCUT2D eigenvalue weighted by molar-refractivity contribution is 0.660. The van der Waals surface area contributed by atoms with Crippen LogP contribution in [0.1, 0.15) is 60.0 Å². The van der Waals surface area contributed by atoms with Gasteiger partial charge in [-0.25, -0.2) is 29.9 Å². The zero-order valence-electron chi connectivity index (χ0n) is 49.7. The lowest BCUT2D eigenvalue weighted by atomic mass is 9.66. The number of nitrogens with zero attached hydrogens (tertiary/aromatic N) is 6. The number of fused-ring (bicyclic) bond motifs is 6. The van der Waals surface area contributed by atoms with E-state index in [0.717, 1.165) is 77.9 Å². The van der Waals surface area contributed by atoms with Gasteiger partial charge in [-0.05, 0) is 108 Å². The maximum absolute atomic E-state index is 5.48. The Bertz CT molecular complexity index is 4870. The topological polar surface area (TPSA) is 77.3 Å². The third-order valence-electron chi connectivity index (χ3n) is 17.8. The van der Waals surface area contributed by atoms with Gasteiger partial charge >= 0.3 is 0 Å². The van der Waals surface area contributed by atoms with Crippen LogP contribution in [0.2, 0.25) is 0 Å². The monoisotopic (exact) mass is 1140 g/mol. The first-order valence-corrected chi connectivity index (χ1v) is 30.3. The van der Waals surface area contributed by atoms with E-state index in [-0.39, 0.29) is 5.41 Å². The maximum Gasteiger partial charge on any atom is 0.164 e. The van der Waals surface area contributed by atoms with Crippen molar-refractivity contribution in [1.29, 1.82) is 0 Å². The molecule has 0 radical (unpaired) electrons. The van der Waals surface area contributed by atoms with Crippen molar-refractivity contribution >= 4 is 5.57 Å². The molecule has 6 heteroatoms. The van der Waals surface area contributed by atoms with Gasteiger partial charge < -0.3 is 0 Å². The van der Waals surface area contributed by atoms with E-state index in [1.165, 1.54) is 44.5 Å². The molecule has 2 aliphatic rings. The molecule has 13 aromatic rings. The highest BCUT2D eigenvalue weighted by Crippen LogP contribution is 2.59. The molecule has 15 rings (SSSR count). The first-order chi connectivity index (χ1) is 43.7. The molecule has 2 heterocycles. The fraction of sp³-hybridized carbons (Fsp3) is 0.0602. The molecule has 0 spiro atoms. The van der Waals surface area contributed by atoms with E-state index in [4.69, 9.17) is 29.9 Å². The Morgan fingerprint density at radius 2 is 0.719 bits per heavy atom. The van der Waals surface area contributed by atoms with Gasteiger partial charge in [0.25, 0.3) is 0 Å². The van der Waals surface area contributed by atoms with Crippen LogP contribution in [0.5, 0.6) is 0 Å². The summed E-state index contributed by atoms with van der Waals surface area (Å²) in [6, 6.07) is 97.3. The Morgan fingerprint density at radius 3 is 1.31 bits per heavy atom. The van der Waals surface area contributed by atoms with Crippen molar-refractivity contribution < 1.29 is 0 Å². The molecular formula is C83H60N6. The number of hydrogen-bond donors (Lipinski definition) is 0. The minimum Gasteiger partial charge on any atom is -0.209 e. The number of aromatic nitrogens is 6. The minimum absolute atomic E-state index is 0.162. The van der Waals surface area contributed by atoms with Gasteiger partial charge in [-0.3, -0.25) is 0 Å². The van der Waals surface area contributed by atoms with Gasteiger partial charge in [0.1, 0.15) is 0 Å². The summed E-state index contributed by atoms with van der Waals surface area (Å²) >= 11 is 0. The fourth-order valence-corrected chi connectivity index (χ4v) is 13.5. The van der Waals surface area contributed by atoms with Gasteiger partial charge in [0.15, 0.2) is 34.9 Å². The van der Waals surface area contributed by atoms with E-state index in [1.54, 1.807) is 6.08 Å². The van der Waals surface area contributed by atoms with Gasteiger partial charge in [-0.15, -0.1) is 0 Å². The molecule has 0 amide bonds. The number of benzene rings is 11. The summed E-state index contributed by atoms with van der Waals surface area (Å²) in [7, 11) is 0. The van der Waals surface area contributed by atoms with Crippen LogP contribution in [-0.2, 0) is 10.8 Å². The molecule has 0 saturated carbocycles. The van der Waals surface area contributed by atoms with Crippen molar-refractivity contribution in [2.75, 3.05) is 0 Å². The third kappa shape index (κ3) is 9.54. The number of hydrogen-bond acceptors (Lipinski definition) is 6. The second-order valence-electron chi connectivity index (χ2n) is 23.4. The molecule has 2 aliphatic carbocycles. The Kier molecular flexibility index (Phi) is 13.7. The molecule has 6 nitrogen and oxygen atoms in total. The van der Waals surface area contributed by atoms with Gasteiger partial charge in [-0.1, -0.05) is 312 Å². The van der Waals surface area contributed by atoms with Gasteiger partial charge in [0.2, 0.25) is 0 Å². The summed E-state index contributed by atoms with van der Waals surface area (Å²) in [4.78, 5) is 31.7. The zero-order chi connectivity index (χ0) is 60.1. The van der Waals surface area contributed by atoms with E-state index in [9.17, 15) is 0 Å². The van der Waals surface area contributed by atoms with Crippen molar-refractivity contribution in [3.05, 3.63) is 343 Å². The summed E-state index contributed by atoms with van der Waals surface area (Å²) in [6.07, 6.45) is 7.66. The smallest absolute Gasteiger partial charge is 0.164 e. The number of rotatable bonds is 13. The normalized spacial score (nSPS) is 13.4. The highest BCUT2D eigenvalue weighted by molar-refractivity contribution is 5.93. The Balaban J connectivity index is 0.791. The van der Waals surface area contributed by atoms with Crippen LogP contribution < -0.4 is 0 Å². The van der Waals surface area contributed by atoms with E-state index in [0.29, 0.717) is 34.9 Å². The van der Waals surface area contributed by atoms with Crippen LogP contribution in [-0.4, -0.2) is 29.9 Å². The second kappa shape index (κ2) is 22.5. The van der Waals surface area contributed by atoms with Gasteiger partial charge in [0, 0.05) is 33.2 Å². The second-order valence-corrected chi connectivity index (χ2v) is 23.4. The van der Waals surface area contributed by atoms with Crippen LogP contribution in [0.3, 0.4) is 0 Å². The average molecular weight is 1140 g/mol. The van der Waals surface area contributed by atoms with Crippen LogP contribution >= 0.6 is 0 Å². The van der Waals surface area contributed by atoms with Crippen LogP contribution in [0.25, 0.3) is 118 Å². The summed E-state index contributed by atoms with van der Waals surface area (Å²) in [5.74, 6) is 3.66. The highest BCUT2D eigenvalue weighted by atomic mass is 15.0. The summed E-state index contributed by atoms with van der Waals surface area (Å²) in [6.45, 7) is 10.5. The summed E-state index contributed by atoms with van der Waals surface area (Å²) in [5.41, 5.74) is 23.4. The zero-order valence-corrected chi connectivity index (χ0v) is 49.7. The Hall–Kier alpha value is -11.3. The lowest BCUT2D eigenvalue weighted by Gasteiger charge is -2.35. The molecule has 422 valence electrons. The summed E-state index contributed by atoms with van der Waals surface area (Å²) < 4.78 is 0. The molecule has 0 bridgehead atoms. The molecule has 11 aromatic carbocycles. The molecule has 0 saturated heterocycles. The first-order valence-electron chi connectivity index (χ1n) is 30.3. The summed E-state index contributed by atoms with van der Waals surface area (Å²) in [5, 5.41) is 0. The Morgan fingerprint density at radius 1 is 0.326 bits per heavy atom. The predicted molar refractivity (Wildman–Crippen MR) is 365 cm³/mol. The fourth-order valence-electron chi connectivity index (χ4n) is 13.5. The minimum atomic E-state index is -0.662. The van der Waals surface area contributed by atoms with Crippen molar-refractivity contribution in [2.24, 2.45) is 0 Å². The van der Waals surface area contributed by atoms with E-state index in [2.05, 4.69) is 287 Å². The van der Waals surface area contributed by atoms with Crippen molar-refractivity contribution in [3.63, 3.8) is 0 Å². The first kappa shape index (κ1) is 54.3. The van der Waals surface area contributed by atoms with Crippen LogP contribution in [0.15, 0.2) is 304 Å². The van der Waals surface area contributed by atoms with E-state index >= 15 is 0 Å². The lowest BCUT2D eigenvalue weighted by Crippen LogP contribution is -2.29. The third-order valence-corrected chi connectivity index (χ3v) is 17.8. The largest absolute Gasteiger partial charge is 0.209 e. The molecule has 0 atom stereocenters. The maximum atomic E-state index is 5.48. The molecule has 2 aromatic heterocycles. The van der Waals surface area contributed by atoms with Crippen molar-refractivity contribution in [2.45, 2.75) is 31.6 Å². The van der Waals surface area contributed by atoms with Gasteiger partial charge in [-0.2, -0.15) is 0 Å². The number of allylic oxidation sites excluding steroid dienone is 5.